The van der Waals surface area contributed by atoms with Crippen LogP contribution >= 0.6 is 0 Å². The molecule has 0 unspecified atom stereocenters. The van der Waals surface area contributed by atoms with E-state index in [0.717, 1.165) is 0 Å². The zero-order chi connectivity index (χ0) is 21.7. The molecule has 0 bridgehead atoms. The molecule has 2 N–H and O–H groups in total. The normalized spacial score (nSPS) is 10.5. The Kier molecular flexibility index (Phi) is 17.6. The van der Waals surface area contributed by atoms with E-state index in [1.54, 1.807) is 0 Å². The van der Waals surface area contributed by atoms with Gasteiger partial charge in [-0.15, -0.1) is 0 Å². The number of esters is 2. The Labute approximate surface area is 169 Å². The SMILES string of the molecule is O=C(O)CCCC(=O)OCCOCCOCCOCCOC(=O)CCCC(=O)O. The first-order valence-corrected chi connectivity index (χ1v) is 9.40. The lowest BCUT2D eigenvalue weighted by Crippen LogP contribution is -2.15. The summed E-state index contributed by atoms with van der Waals surface area (Å²) < 4.78 is 25.4. The molecule has 0 amide bonds. The average molecular weight is 422 g/mol. The fraction of sp³-hybridized carbons (Fsp3) is 0.778. The van der Waals surface area contributed by atoms with Gasteiger partial charge < -0.3 is 33.9 Å². The Bertz CT molecular complexity index is 436. The summed E-state index contributed by atoms with van der Waals surface area (Å²) in [6.45, 7) is 1.98. The number of hydrogen-bond acceptors (Lipinski definition) is 9. The first kappa shape index (κ1) is 26.8. The van der Waals surface area contributed by atoms with Crippen LogP contribution in [0, 0.1) is 0 Å². The highest BCUT2D eigenvalue weighted by Crippen LogP contribution is 1.98. The molecule has 0 atom stereocenters. The van der Waals surface area contributed by atoms with E-state index in [1.807, 2.05) is 0 Å². The van der Waals surface area contributed by atoms with Crippen LogP contribution in [0.25, 0.3) is 0 Å². The van der Waals surface area contributed by atoms with Crippen molar-refractivity contribution in [2.45, 2.75) is 38.5 Å². The number of hydrogen-bond donors (Lipinski definition) is 2. The van der Waals surface area contributed by atoms with Crippen LogP contribution in [0.1, 0.15) is 38.5 Å². The molecule has 0 saturated carbocycles. The van der Waals surface area contributed by atoms with Crippen molar-refractivity contribution >= 4 is 23.9 Å². The Morgan fingerprint density at radius 1 is 0.483 bits per heavy atom. The van der Waals surface area contributed by atoms with Gasteiger partial charge in [0.1, 0.15) is 13.2 Å². The van der Waals surface area contributed by atoms with E-state index in [-0.39, 0.29) is 65.0 Å². The molecule has 0 aromatic carbocycles. The number of rotatable bonds is 20. The molecular weight excluding hydrogens is 392 g/mol. The van der Waals surface area contributed by atoms with E-state index in [4.69, 9.17) is 33.9 Å². The van der Waals surface area contributed by atoms with E-state index in [1.165, 1.54) is 0 Å². The third-order valence-electron chi connectivity index (χ3n) is 3.27. The number of carbonyl (C=O) groups excluding carboxylic acids is 2. The van der Waals surface area contributed by atoms with Crippen LogP contribution in [0.2, 0.25) is 0 Å². The van der Waals surface area contributed by atoms with Crippen molar-refractivity contribution in [2.24, 2.45) is 0 Å². The molecule has 0 aliphatic heterocycles. The summed E-state index contributed by atoms with van der Waals surface area (Å²) in [5.41, 5.74) is 0. The zero-order valence-corrected chi connectivity index (χ0v) is 16.5. The van der Waals surface area contributed by atoms with Crippen LogP contribution in [-0.4, -0.2) is 86.9 Å². The van der Waals surface area contributed by atoms with Gasteiger partial charge in [-0.1, -0.05) is 0 Å². The molecule has 0 aromatic rings. The topological polar surface area (TPSA) is 155 Å². The highest BCUT2D eigenvalue weighted by molar-refractivity contribution is 5.72. The number of carbonyl (C=O) groups is 4. The van der Waals surface area contributed by atoms with Crippen LogP contribution in [-0.2, 0) is 42.9 Å². The van der Waals surface area contributed by atoms with E-state index in [0.29, 0.717) is 26.4 Å². The highest BCUT2D eigenvalue weighted by Gasteiger charge is 2.05. The monoisotopic (exact) mass is 422 g/mol. The standard InChI is InChI=1S/C18H30O11/c19-15(20)3-1-5-17(23)28-13-11-26-9-7-25-8-10-27-12-14-29-18(24)6-2-4-16(21)22/h1-14H2,(H,19,20)(H,21,22). The van der Waals surface area contributed by atoms with Crippen molar-refractivity contribution < 1.29 is 53.1 Å². The van der Waals surface area contributed by atoms with Crippen molar-refractivity contribution in [3.63, 3.8) is 0 Å². The summed E-state index contributed by atoms with van der Waals surface area (Å²) in [6, 6.07) is 0. The zero-order valence-electron chi connectivity index (χ0n) is 16.5. The largest absolute Gasteiger partial charge is 0.481 e. The first-order chi connectivity index (χ1) is 13.9. The Morgan fingerprint density at radius 2 is 0.793 bits per heavy atom. The Balaban J connectivity index is 3.24. The molecule has 11 heteroatoms. The highest BCUT2D eigenvalue weighted by atomic mass is 16.6. The van der Waals surface area contributed by atoms with Gasteiger partial charge in [0, 0.05) is 25.7 Å². The molecule has 0 aliphatic carbocycles. The summed E-state index contributed by atoms with van der Waals surface area (Å²) >= 11 is 0. The van der Waals surface area contributed by atoms with Crippen molar-refractivity contribution in [3.8, 4) is 0 Å². The van der Waals surface area contributed by atoms with Gasteiger partial charge in [-0.05, 0) is 12.8 Å². The number of carboxylic acids is 2. The van der Waals surface area contributed by atoms with Gasteiger partial charge in [0.25, 0.3) is 0 Å². The molecule has 0 spiro atoms. The van der Waals surface area contributed by atoms with Crippen molar-refractivity contribution in [3.05, 3.63) is 0 Å². The van der Waals surface area contributed by atoms with Gasteiger partial charge >= 0.3 is 23.9 Å². The molecule has 0 fully saturated rings. The van der Waals surface area contributed by atoms with Crippen molar-refractivity contribution in [1.29, 1.82) is 0 Å². The van der Waals surface area contributed by atoms with Gasteiger partial charge in [-0.25, -0.2) is 0 Å². The number of aliphatic carboxylic acids is 2. The van der Waals surface area contributed by atoms with Crippen LogP contribution in [0.3, 0.4) is 0 Å². The molecule has 0 aromatic heterocycles. The quantitative estimate of drug-likeness (QED) is 0.210. The van der Waals surface area contributed by atoms with Crippen LogP contribution in [0.4, 0.5) is 0 Å². The van der Waals surface area contributed by atoms with Gasteiger partial charge in [0.15, 0.2) is 0 Å². The second-order valence-corrected chi connectivity index (χ2v) is 5.77. The average Bonchev–Trinajstić information content (AvgIpc) is 2.64. The minimum atomic E-state index is -0.945. The van der Waals surface area contributed by atoms with Crippen molar-refractivity contribution in [1.82, 2.24) is 0 Å². The predicted molar refractivity (Wildman–Crippen MR) is 97.3 cm³/mol. The molecule has 29 heavy (non-hydrogen) atoms. The molecule has 11 nitrogen and oxygen atoms in total. The van der Waals surface area contributed by atoms with Crippen molar-refractivity contribution in [2.75, 3.05) is 52.9 Å². The Hall–Kier alpha value is -2.24. The maximum atomic E-state index is 11.3. The van der Waals surface area contributed by atoms with Crippen LogP contribution in [0.15, 0.2) is 0 Å². The number of carboxylic acid groups (broad SMARTS) is 2. The predicted octanol–water partition coefficient (Wildman–Crippen LogP) is 0.632. The van der Waals surface area contributed by atoms with Gasteiger partial charge in [-0.2, -0.15) is 0 Å². The van der Waals surface area contributed by atoms with E-state index in [2.05, 4.69) is 0 Å². The second kappa shape index (κ2) is 19.1. The molecule has 0 heterocycles. The van der Waals surface area contributed by atoms with Crippen LogP contribution < -0.4 is 0 Å². The van der Waals surface area contributed by atoms with Crippen LogP contribution in [0.5, 0.6) is 0 Å². The second-order valence-electron chi connectivity index (χ2n) is 5.77. The summed E-state index contributed by atoms with van der Waals surface area (Å²) in [5.74, 6) is -2.79. The molecule has 0 rings (SSSR count). The smallest absolute Gasteiger partial charge is 0.305 e. The molecule has 168 valence electrons. The van der Waals surface area contributed by atoms with Gasteiger partial charge in [-0.3, -0.25) is 19.2 Å². The molecular formula is C18H30O11. The minimum absolute atomic E-state index is 0.0631. The fourth-order valence-corrected chi connectivity index (χ4v) is 1.88. The number of ether oxygens (including phenoxy) is 5. The summed E-state index contributed by atoms with van der Waals surface area (Å²) in [7, 11) is 0. The molecule has 0 saturated heterocycles. The first-order valence-electron chi connectivity index (χ1n) is 9.40. The van der Waals surface area contributed by atoms with E-state index < -0.39 is 23.9 Å². The minimum Gasteiger partial charge on any atom is -0.481 e. The maximum absolute atomic E-state index is 11.3. The lowest BCUT2D eigenvalue weighted by Gasteiger charge is -2.08. The van der Waals surface area contributed by atoms with Gasteiger partial charge in [0.05, 0.1) is 39.6 Å². The third-order valence-corrected chi connectivity index (χ3v) is 3.27. The summed E-state index contributed by atoms with van der Waals surface area (Å²) in [6.07, 6.45) is 0.512. The summed E-state index contributed by atoms with van der Waals surface area (Å²) in [5, 5.41) is 16.9. The maximum Gasteiger partial charge on any atom is 0.305 e. The lowest BCUT2D eigenvalue weighted by atomic mass is 10.2. The fourth-order valence-electron chi connectivity index (χ4n) is 1.88. The third kappa shape index (κ3) is 21.9. The molecule has 0 aliphatic rings. The van der Waals surface area contributed by atoms with Gasteiger partial charge in [0.2, 0.25) is 0 Å². The van der Waals surface area contributed by atoms with E-state index >= 15 is 0 Å². The lowest BCUT2D eigenvalue weighted by molar-refractivity contribution is -0.146. The summed E-state index contributed by atoms with van der Waals surface area (Å²) in [4.78, 5) is 43.1. The Morgan fingerprint density at radius 3 is 1.10 bits per heavy atom. The molecule has 0 radical (unpaired) electrons. The van der Waals surface area contributed by atoms with E-state index in [9.17, 15) is 19.2 Å².